The lowest BCUT2D eigenvalue weighted by Gasteiger charge is -2.35. The highest BCUT2D eigenvalue weighted by Crippen LogP contribution is 2.18. The van der Waals surface area contributed by atoms with Gasteiger partial charge in [0.1, 0.15) is 5.82 Å². The van der Waals surface area contributed by atoms with Gasteiger partial charge in [-0.25, -0.2) is 9.37 Å². The Kier molecular flexibility index (Phi) is 5.29. The van der Waals surface area contributed by atoms with Gasteiger partial charge in [0.15, 0.2) is 5.82 Å². The molecule has 1 aliphatic rings. The van der Waals surface area contributed by atoms with Crippen LogP contribution in [0.5, 0.6) is 0 Å². The third-order valence-electron chi connectivity index (χ3n) is 5.25. The average molecular weight is 394 g/mol. The zero-order chi connectivity index (χ0) is 20.4. The molecule has 0 aliphatic carbocycles. The van der Waals surface area contributed by atoms with Gasteiger partial charge in [0.05, 0.1) is 16.6 Å². The summed E-state index contributed by atoms with van der Waals surface area (Å²) in [5.74, 6) is -0.425. The van der Waals surface area contributed by atoms with Crippen LogP contribution in [0.3, 0.4) is 0 Å². The van der Waals surface area contributed by atoms with E-state index in [9.17, 15) is 14.0 Å². The van der Waals surface area contributed by atoms with E-state index in [2.05, 4.69) is 4.98 Å². The molecular weight excluding hydrogens is 371 g/mol. The number of piperazine rings is 1. The van der Waals surface area contributed by atoms with Gasteiger partial charge >= 0.3 is 0 Å². The van der Waals surface area contributed by atoms with Crippen LogP contribution in [0, 0.1) is 5.82 Å². The van der Waals surface area contributed by atoms with Crippen molar-refractivity contribution >= 4 is 22.8 Å². The molecule has 0 spiro atoms. The smallest absolute Gasteiger partial charge is 0.294 e. The monoisotopic (exact) mass is 394 g/mol. The Morgan fingerprint density at radius 3 is 2.45 bits per heavy atom. The first-order chi connectivity index (χ1) is 14.1. The molecule has 1 fully saturated rings. The van der Waals surface area contributed by atoms with E-state index in [4.69, 9.17) is 0 Å². The number of aromatic nitrogens is 2. The Hall–Kier alpha value is -3.22. The van der Waals surface area contributed by atoms with Crippen LogP contribution in [0.15, 0.2) is 53.3 Å². The quantitative estimate of drug-likeness (QED) is 0.683. The minimum absolute atomic E-state index is 0.0788. The lowest BCUT2D eigenvalue weighted by molar-refractivity contribution is 0.0741. The zero-order valence-electron chi connectivity index (χ0n) is 16.3. The maximum atomic E-state index is 13.9. The summed E-state index contributed by atoms with van der Waals surface area (Å²) in [5.41, 5.74) is 1.58. The highest BCUT2D eigenvalue weighted by atomic mass is 19.1. The first-order valence-corrected chi connectivity index (χ1v) is 9.88. The summed E-state index contributed by atoms with van der Waals surface area (Å²) in [6.07, 6.45) is 0.846. The number of hydrogen-bond donors (Lipinski definition) is 0. The number of amides is 1. The number of aryl methyl sites for hydroxylation is 1. The Labute approximate surface area is 168 Å². The van der Waals surface area contributed by atoms with Crippen LogP contribution in [-0.2, 0) is 6.54 Å². The third kappa shape index (κ3) is 3.60. The van der Waals surface area contributed by atoms with Crippen molar-refractivity contribution in [1.29, 1.82) is 0 Å². The van der Waals surface area contributed by atoms with Crippen molar-refractivity contribution in [1.82, 2.24) is 14.5 Å². The molecule has 0 bridgehead atoms. The molecule has 2 aromatic carbocycles. The van der Waals surface area contributed by atoms with Crippen LogP contribution in [0.4, 0.5) is 10.2 Å². The fraction of sp³-hybridized carbons (Fsp3) is 0.318. The van der Waals surface area contributed by atoms with Crippen LogP contribution < -0.4 is 10.5 Å². The van der Waals surface area contributed by atoms with E-state index in [1.807, 2.05) is 36.1 Å². The number of benzene rings is 2. The van der Waals surface area contributed by atoms with Crippen LogP contribution in [0.1, 0.15) is 23.7 Å². The van der Waals surface area contributed by atoms with Crippen molar-refractivity contribution < 1.29 is 9.18 Å². The molecule has 29 heavy (non-hydrogen) atoms. The highest BCUT2D eigenvalue weighted by Gasteiger charge is 2.26. The number of para-hydroxylation sites is 2. The summed E-state index contributed by atoms with van der Waals surface area (Å²) in [5, 5.41) is 0. The molecule has 0 radical (unpaired) electrons. The van der Waals surface area contributed by atoms with Crippen molar-refractivity contribution in [3.63, 3.8) is 0 Å². The first-order valence-electron chi connectivity index (χ1n) is 9.88. The third-order valence-corrected chi connectivity index (χ3v) is 5.25. The normalized spacial score (nSPS) is 14.4. The number of nitrogens with zero attached hydrogens (tertiary/aromatic N) is 4. The van der Waals surface area contributed by atoms with Gasteiger partial charge in [-0.1, -0.05) is 31.2 Å². The van der Waals surface area contributed by atoms with Gasteiger partial charge in [0.2, 0.25) is 0 Å². The number of carbonyl (C=O) groups is 1. The first kappa shape index (κ1) is 19.1. The van der Waals surface area contributed by atoms with E-state index < -0.39 is 5.82 Å². The van der Waals surface area contributed by atoms with E-state index in [1.165, 1.54) is 12.1 Å². The molecule has 6 nitrogen and oxygen atoms in total. The van der Waals surface area contributed by atoms with Crippen molar-refractivity contribution in [3.05, 3.63) is 70.3 Å². The van der Waals surface area contributed by atoms with E-state index in [1.54, 1.807) is 21.6 Å². The predicted octanol–water partition coefficient (Wildman–Crippen LogP) is 2.91. The fourth-order valence-corrected chi connectivity index (χ4v) is 3.76. The molecule has 0 unspecified atom stereocenters. The number of rotatable bonds is 4. The molecule has 7 heteroatoms. The van der Waals surface area contributed by atoms with Gasteiger partial charge in [-0.05, 0) is 30.7 Å². The van der Waals surface area contributed by atoms with Gasteiger partial charge in [0, 0.05) is 32.7 Å². The van der Waals surface area contributed by atoms with E-state index in [-0.39, 0.29) is 17.0 Å². The van der Waals surface area contributed by atoms with Crippen molar-refractivity contribution in [2.45, 2.75) is 19.9 Å². The number of anilines is 1. The Morgan fingerprint density at radius 2 is 1.72 bits per heavy atom. The van der Waals surface area contributed by atoms with Crippen LogP contribution in [0.2, 0.25) is 0 Å². The summed E-state index contributed by atoms with van der Waals surface area (Å²) in [6, 6.07) is 13.6. The summed E-state index contributed by atoms with van der Waals surface area (Å²) in [7, 11) is 0. The van der Waals surface area contributed by atoms with Crippen LogP contribution in [-0.4, -0.2) is 46.5 Å². The second-order valence-electron chi connectivity index (χ2n) is 7.14. The minimum Gasteiger partial charge on any atom is -0.348 e. The zero-order valence-corrected chi connectivity index (χ0v) is 16.3. The van der Waals surface area contributed by atoms with E-state index >= 15 is 0 Å². The number of carbonyl (C=O) groups excluding carboxylic acids is 1. The van der Waals surface area contributed by atoms with E-state index in [0.717, 1.165) is 17.5 Å². The molecule has 1 aromatic heterocycles. The standard InChI is InChI=1S/C22H23FN4O2/c1-2-11-27-19-10-6-5-9-18(19)24-20(22(27)29)25-12-14-26(15-13-25)21(28)16-7-3-4-8-17(16)23/h3-10H,2,11-15H2,1H3. The van der Waals surface area contributed by atoms with Gasteiger partial charge in [-0.3, -0.25) is 9.59 Å². The van der Waals surface area contributed by atoms with Gasteiger partial charge in [-0.2, -0.15) is 0 Å². The summed E-state index contributed by atoms with van der Waals surface area (Å²) in [6.45, 7) is 4.44. The SMILES string of the molecule is CCCn1c(=O)c(N2CCN(C(=O)c3ccccc3F)CC2)nc2ccccc21. The van der Waals surface area contributed by atoms with Crippen LogP contribution >= 0.6 is 0 Å². The molecule has 150 valence electrons. The molecule has 2 heterocycles. The molecule has 0 saturated carbocycles. The summed E-state index contributed by atoms with van der Waals surface area (Å²) < 4.78 is 15.7. The number of fused-ring (bicyclic) bond motifs is 1. The number of halogens is 1. The second-order valence-corrected chi connectivity index (χ2v) is 7.14. The van der Waals surface area contributed by atoms with Gasteiger partial charge in [0.25, 0.3) is 11.5 Å². The maximum absolute atomic E-state index is 13.9. The molecule has 1 aliphatic heterocycles. The topological polar surface area (TPSA) is 58.4 Å². The molecule has 4 rings (SSSR count). The maximum Gasteiger partial charge on any atom is 0.294 e. The van der Waals surface area contributed by atoms with Crippen molar-refractivity contribution in [3.8, 4) is 0 Å². The largest absolute Gasteiger partial charge is 0.348 e. The fourth-order valence-electron chi connectivity index (χ4n) is 3.76. The lowest BCUT2D eigenvalue weighted by Crippen LogP contribution is -2.50. The second kappa shape index (κ2) is 8.03. The summed E-state index contributed by atoms with van der Waals surface area (Å²) >= 11 is 0. The van der Waals surface area contributed by atoms with Crippen molar-refractivity contribution in [2.75, 3.05) is 31.1 Å². The molecular formula is C22H23FN4O2. The Balaban J connectivity index is 1.58. The molecule has 1 saturated heterocycles. The summed E-state index contributed by atoms with van der Waals surface area (Å²) in [4.78, 5) is 33.9. The van der Waals surface area contributed by atoms with E-state index in [0.29, 0.717) is 38.5 Å². The van der Waals surface area contributed by atoms with Crippen LogP contribution in [0.25, 0.3) is 11.0 Å². The lowest BCUT2D eigenvalue weighted by atomic mass is 10.1. The molecule has 3 aromatic rings. The minimum atomic E-state index is -0.515. The number of hydrogen-bond acceptors (Lipinski definition) is 4. The molecule has 0 N–H and O–H groups in total. The average Bonchev–Trinajstić information content (AvgIpc) is 2.75. The molecule has 0 atom stereocenters. The van der Waals surface area contributed by atoms with Gasteiger partial charge < -0.3 is 14.4 Å². The predicted molar refractivity (Wildman–Crippen MR) is 111 cm³/mol. The van der Waals surface area contributed by atoms with Gasteiger partial charge in [-0.15, -0.1) is 0 Å². The highest BCUT2D eigenvalue weighted by molar-refractivity contribution is 5.94. The Morgan fingerprint density at radius 1 is 1.03 bits per heavy atom. The van der Waals surface area contributed by atoms with Crippen molar-refractivity contribution in [2.24, 2.45) is 0 Å². The molecule has 1 amide bonds. The Bertz CT molecular complexity index is 1100.